The Morgan fingerprint density at radius 3 is 1.18 bits per heavy atom. The number of nitrogens with one attached hydrogen (secondary N) is 4. The number of rotatable bonds is 14. The van der Waals surface area contributed by atoms with Crippen LogP contribution in [0.5, 0.6) is 0 Å². The van der Waals surface area contributed by atoms with Crippen LogP contribution in [0.2, 0.25) is 0 Å². The smallest absolute Gasteiger partial charge is 0.297 e. The van der Waals surface area contributed by atoms with Gasteiger partial charge < -0.3 is 40.5 Å². The molecule has 2 aliphatic rings. The van der Waals surface area contributed by atoms with Crippen molar-refractivity contribution in [1.29, 1.82) is 0 Å². The average molecular weight is 881 g/mol. The summed E-state index contributed by atoms with van der Waals surface area (Å²) in [6.07, 6.45) is 2.58. The van der Waals surface area contributed by atoms with E-state index in [4.69, 9.17) is 9.47 Å². The summed E-state index contributed by atoms with van der Waals surface area (Å²) in [5.41, 5.74) is 1.15. The number of nitrogens with zero attached hydrogens (tertiary/aromatic N) is 8. The van der Waals surface area contributed by atoms with E-state index in [0.29, 0.717) is 75.9 Å². The first-order valence-corrected chi connectivity index (χ1v) is 22.1. The van der Waals surface area contributed by atoms with E-state index in [1.165, 1.54) is 48.6 Å². The number of para-hydroxylation sites is 2. The van der Waals surface area contributed by atoms with Gasteiger partial charge in [0.15, 0.2) is 0 Å². The normalized spacial score (nSPS) is 14.7. The van der Waals surface area contributed by atoms with E-state index in [1.807, 2.05) is 70.5 Å². The van der Waals surface area contributed by atoms with Crippen LogP contribution in [0.25, 0.3) is 12.2 Å². The van der Waals surface area contributed by atoms with Crippen LogP contribution in [0, 0.1) is 0 Å². The lowest BCUT2D eigenvalue weighted by molar-refractivity contribution is 0.122. The number of hydrogen-bond donors (Lipinski definition) is 6. The van der Waals surface area contributed by atoms with E-state index in [2.05, 4.69) is 51.2 Å². The number of benzene rings is 4. The molecule has 320 valence electrons. The van der Waals surface area contributed by atoms with Crippen molar-refractivity contribution in [2.45, 2.75) is 9.79 Å². The van der Waals surface area contributed by atoms with Crippen molar-refractivity contribution in [3.8, 4) is 0 Å². The molecule has 0 unspecified atom stereocenters. The summed E-state index contributed by atoms with van der Waals surface area (Å²) in [6.45, 7) is 3.84. The van der Waals surface area contributed by atoms with Gasteiger partial charge in [-0.05, 0) is 47.5 Å². The minimum atomic E-state index is -4.95. The molecule has 4 aromatic carbocycles. The molecule has 22 heteroatoms. The topological polar surface area (TPSA) is 259 Å². The van der Waals surface area contributed by atoms with Crippen LogP contribution in [-0.4, -0.2) is 108 Å². The van der Waals surface area contributed by atoms with Gasteiger partial charge in [-0.15, -0.1) is 0 Å². The third-order valence-electron chi connectivity index (χ3n) is 9.44. The minimum absolute atomic E-state index is 0.0318. The Kier molecular flexibility index (Phi) is 12.5. The van der Waals surface area contributed by atoms with E-state index in [9.17, 15) is 25.9 Å². The predicted molar refractivity (Wildman–Crippen MR) is 233 cm³/mol. The minimum Gasteiger partial charge on any atom is -0.378 e. The number of morpholine rings is 2. The molecule has 0 atom stereocenters. The SMILES string of the molecule is O=S(=O)(O)c1c(/C=C/c2cccc(Nc3nc(Nc4ccccc4)nc(N4CCOCC4)n3)c2S(=O)(=O)O)cccc1Nc1nc(Nc2ccccc2)nc(N2CCOCC2)n1. The summed E-state index contributed by atoms with van der Waals surface area (Å²) in [5, 5.41) is 12.1. The second kappa shape index (κ2) is 18.4. The Balaban J connectivity index is 1.13. The summed E-state index contributed by atoms with van der Waals surface area (Å²) >= 11 is 0. The lowest BCUT2D eigenvalue weighted by atomic mass is 10.1. The molecule has 0 radical (unpaired) electrons. The van der Waals surface area contributed by atoms with E-state index >= 15 is 0 Å². The number of ether oxygens (including phenoxy) is 2. The molecular formula is C40H40N12O8S2. The Morgan fingerprint density at radius 1 is 0.468 bits per heavy atom. The van der Waals surface area contributed by atoms with Gasteiger partial charge in [-0.2, -0.15) is 46.7 Å². The molecule has 62 heavy (non-hydrogen) atoms. The maximum Gasteiger partial charge on any atom is 0.297 e. The molecule has 0 aliphatic carbocycles. The zero-order valence-electron chi connectivity index (χ0n) is 32.8. The van der Waals surface area contributed by atoms with Gasteiger partial charge in [-0.3, -0.25) is 9.11 Å². The highest BCUT2D eigenvalue weighted by Gasteiger charge is 2.25. The molecule has 2 saturated heterocycles. The summed E-state index contributed by atoms with van der Waals surface area (Å²) in [6, 6.07) is 27.1. The van der Waals surface area contributed by atoms with Gasteiger partial charge in [-0.25, -0.2) is 0 Å². The molecule has 0 bridgehead atoms. The fraction of sp³-hybridized carbons (Fsp3) is 0.200. The average Bonchev–Trinajstić information content (AvgIpc) is 3.26. The van der Waals surface area contributed by atoms with Gasteiger partial charge in [0.05, 0.1) is 37.8 Å². The zero-order valence-corrected chi connectivity index (χ0v) is 34.4. The lowest BCUT2D eigenvalue weighted by Gasteiger charge is -2.27. The van der Waals surface area contributed by atoms with Crippen LogP contribution in [-0.2, 0) is 29.7 Å². The third-order valence-corrected chi connectivity index (χ3v) is 11.4. The number of aromatic nitrogens is 6. The second-order valence-corrected chi connectivity index (χ2v) is 16.4. The van der Waals surface area contributed by atoms with Gasteiger partial charge in [0.1, 0.15) is 9.79 Å². The van der Waals surface area contributed by atoms with Gasteiger partial charge in [-0.1, -0.05) is 72.8 Å². The first kappa shape index (κ1) is 41.9. The van der Waals surface area contributed by atoms with Crippen molar-refractivity contribution in [2.75, 3.05) is 83.7 Å². The van der Waals surface area contributed by atoms with Crippen molar-refractivity contribution in [3.63, 3.8) is 0 Å². The molecule has 6 N–H and O–H groups in total. The standard InChI is InChI=1S/C40H40N12O8S2/c53-61(54,55)33-27(9-7-15-31(33)43-37-45-35(41-29-11-3-1-4-12-29)47-39(49-37)51-19-23-59-24-20-51)17-18-28-10-8-16-32(34(28)62(56,57)58)44-38-46-36(42-30-13-5-2-6-14-30)48-40(50-38)52-21-25-60-26-22-52/h1-18H,19-26H2,(H,53,54,55)(H,56,57,58)(H2,41,43,45,47,49)(H2,42,44,46,48,50)/b18-17+. The van der Waals surface area contributed by atoms with E-state index in [1.54, 1.807) is 0 Å². The molecule has 0 spiro atoms. The van der Waals surface area contributed by atoms with E-state index in [-0.39, 0.29) is 46.3 Å². The first-order valence-electron chi connectivity index (χ1n) is 19.2. The van der Waals surface area contributed by atoms with Crippen molar-refractivity contribution in [2.24, 2.45) is 0 Å². The molecule has 8 rings (SSSR count). The van der Waals surface area contributed by atoms with Gasteiger partial charge in [0.2, 0.25) is 35.7 Å². The molecule has 2 fully saturated rings. The van der Waals surface area contributed by atoms with Crippen LogP contribution in [0.4, 0.5) is 58.4 Å². The predicted octanol–water partition coefficient (Wildman–Crippen LogP) is 5.37. The fourth-order valence-electron chi connectivity index (χ4n) is 6.63. The molecule has 2 aliphatic heterocycles. The van der Waals surface area contributed by atoms with Gasteiger partial charge >= 0.3 is 0 Å². The highest BCUT2D eigenvalue weighted by molar-refractivity contribution is 7.86. The molecule has 6 aromatic rings. The van der Waals surface area contributed by atoms with Crippen molar-refractivity contribution in [3.05, 3.63) is 108 Å². The van der Waals surface area contributed by atoms with E-state index in [0.717, 1.165) is 0 Å². The Hall–Kier alpha value is -6.82. The molecule has 20 nitrogen and oxygen atoms in total. The van der Waals surface area contributed by atoms with Crippen molar-refractivity contribution >= 4 is 90.8 Å². The molecule has 0 amide bonds. The van der Waals surface area contributed by atoms with Crippen LogP contribution in [0.15, 0.2) is 107 Å². The monoisotopic (exact) mass is 880 g/mol. The van der Waals surface area contributed by atoms with Gasteiger partial charge in [0.25, 0.3) is 20.2 Å². The largest absolute Gasteiger partial charge is 0.378 e. The van der Waals surface area contributed by atoms with Gasteiger partial charge in [0, 0.05) is 37.6 Å². The summed E-state index contributed by atoms with van der Waals surface area (Å²) in [4.78, 5) is 29.9. The summed E-state index contributed by atoms with van der Waals surface area (Å²) < 4.78 is 84.5. The number of anilines is 10. The highest BCUT2D eigenvalue weighted by atomic mass is 32.2. The molecular weight excluding hydrogens is 841 g/mol. The Morgan fingerprint density at radius 2 is 0.823 bits per heavy atom. The fourth-order valence-corrected chi connectivity index (χ4v) is 8.29. The van der Waals surface area contributed by atoms with Crippen LogP contribution in [0.3, 0.4) is 0 Å². The molecule has 2 aromatic heterocycles. The highest BCUT2D eigenvalue weighted by Crippen LogP contribution is 2.33. The quantitative estimate of drug-likeness (QED) is 0.0594. The lowest BCUT2D eigenvalue weighted by Crippen LogP contribution is -2.37. The first-order chi connectivity index (χ1) is 30.0. The second-order valence-electron chi connectivity index (χ2n) is 13.7. The maximum atomic E-state index is 13.1. The zero-order chi connectivity index (χ0) is 43.1. The van der Waals surface area contributed by atoms with Crippen LogP contribution >= 0.6 is 0 Å². The Labute approximate surface area is 356 Å². The van der Waals surface area contributed by atoms with Crippen molar-refractivity contribution in [1.82, 2.24) is 29.9 Å². The van der Waals surface area contributed by atoms with Crippen LogP contribution < -0.4 is 31.1 Å². The van der Waals surface area contributed by atoms with E-state index < -0.39 is 30.0 Å². The summed E-state index contributed by atoms with van der Waals surface area (Å²) in [7, 11) is -9.91. The van der Waals surface area contributed by atoms with Crippen LogP contribution in [0.1, 0.15) is 11.1 Å². The number of hydrogen-bond acceptors (Lipinski definition) is 18. The Bertz CT molecular complexity index is 2600. The maximum absolute atomic E-state index is 13.1. The molecule has 0 saturated carbocycles. The summed E-state index contributed by atoms with van der Waals surface area (Å²) in [5.74, 6) is 0.885. The molecule has 4 heterocycles. The van der Waals surface area contributed by atoms with Crippen molar-refractivity contribution < 1.29 is 35.4 Å². The third kappa shape index (κ3) is 10.4.